The summed E-state index contributed by atoms with van der Waals surface area (Å²) in [5.41, 5.74) is 2.48. The largest absolute Gasteiger partial charge is 0.462 e. The van der Waals surface area contributed by atoms with Crippen molar-refractivity contribution in [2.75, 3.05) is 17.2 Å². The predicted octanol–water partition coefficient (Wildman–Crippen LogP) is 3.22. The van der Waals surface area contributed by atoms with Crippen LogP contribution in [0.15, 0.2) is 54.9 Å². The Bertz CT molecular complexity index is 1010. The average molecular weight is 391 g/mol. The molecule has 0 aliphatic rings. The molecule has 0 saturated carbocycles. The number of aryl methyl sites for hydroxylation is 1. The number of carbonyl (C=O) groups excluding carboxylic acids is 2. The zero-order valence-electron chi connectivity index (χ0n) is 16.2. The molecule has 0 aliphatic carbocycles. The molecule has 8 nitrogen and oxygen atoms in total. The zero-order chi connectivity index (χ0) is 20.6. The Morgan fingerprint density at radius 1 is 1.07 bits per heavy atom. The van der Waals surface area contributed by atoms with Gasteiger partial charge in [0.05, 0.1) is 17.9 Å². The van der Waals surface area contributed by atoms with Crippen LogP contribution in [-0.4, -0.2) is 33.4 Å². The van der Waals surface area contributed by atoms with Crippen molar-refractivity contribution in [1.29, 1.82) is 0 Å². The van der Waals surface area contributed by atoms with E-state index < -0.39 is 11.9 Å². The number of pyridine rings is 1. The number of amides is 1. The minimum atomic E-state index is -0.498. The van der Waals surface area contributed by atoms with E-state index in [1.165, 1.54) is 0 Å². The van der Waals surface area contributed by atoms with E-state index in [-0.39, 0.29) is 17.9 Å². The van der Waals surface area contributed by atoms with Crippen LogP contribution in [0.25, 0.3) is 0 Å². The monoisotopic (exact) mass is 391 g/mol. The summed E-state index contributed by atoms with van der Waals surface area (Å²) >= 11 is 0. The van der Waals surface area contributed by atoms with Crippen LogP contribution in [0.3, 0.4) is 0 Å². The quantitative estimate of drug-likeness (QED) is 0.596. The third-order valence-corrected chi connectivity index (χ3v) is 3.96. The van der Waals surface area contributed by atoms with Crippen molar-refractivity contribution in [3.63, 3.8) is 0 Å². The van der Waals surface area contributed by atoms with E-state index in [9.17, 15) is 9.59 Å². The van der Waals surface area contributed by atoms with Gasteiger partial charge in [0.1, 0.15) is 5.69 Å². The van der Waals surface area contributed by atoms with Crippen molar-refractivity contribution in [2.45, 2.75) is 20.4 Å². The second kappa shape index (κ2) is 9.41. The van der Waals surface area contributed by atoms with Gasteiger partial charge >= 0.3 is 5.97 Å². The van der Waals surface area contributed by atoms with Crippen LogP contribution in [0.1, 0.15) is 39.0 Å². The van der Waals surface area contributed by atoms with Crippen molar-refractivity contribution in [1.82, 2.24) is 15.0 Å². The van der Waals surface area contributed by atoms with E-state index in [0.717, 1.165) is 5.56 Å². The van der Waals surface area contributed by atoms with E-state index in [1.807, 2.05) is 12.1 Å². The summed E-state index contributed by atoms with van der Waals surface area (Å²) in [6.07, 6.45) is 3.40. The summed E-state index contributed by atoms with van der Waals surface area (Å²) in [5, 5.41) is 5.83. The molecule has 0 unspecified atom stereocenters. The predicted molar refractivity (Wildman–Crippen MR) is 109 cm³/mol. The molecule has 8 heteroatoms. The minimum absolute atomic E-state index is 0.188. The van der Waals surface area contributed by atoms with Crippen LogP contribution in [0, 0.1) is 6.92 Å². The van der Waals surface area contributed by atoms with Crippen LogP contribution in [0.4, 0.5) is 11.6 Å². The fraction of sp³-hybridized carbons (Fsp3) is 0.190. The lowest BCUT2D eigenvalue weighted by molar-refractivity contribution is 0.0527. The fourth-order valence-electron chi connectivity index (χ4n) is 2.61. The lowest BCUT2D eigenvalue weighted by Gasteiger charge is -2.11. The topological polar surface area (TPSA) is 106 Å². The molecule has 2 heterocycles. The maximum Gasteiger partial charge on any atom is 0.340 e. The summed E-state index contributed by atoms with van der Waals surface area (Å²) in [4.78, 5) is 37.4. The molecule has 0 saturated heterocycles. The standard InChI is InChI=1S/C21H21N5O3/c1-3-29-20(28)16-6-4-5-7-17(16)25-19(27)18-12-14(2)24-21(26-18)23-13-15-8-10-22-11-9-15/h4-12H,3,13H2,1-2H3,(H,25,27)(H,23,24,26). The van der Waals surface area contributed by atoms with Crippen molar-refractivity contribution < 1.29 is 14.3 Å². The Balaban J connectivity index is 1.76. The lowest BCUT2D eigenvalue weighted by Crippen LogP contribution is -2.18. The van der Waals surface area contributed by atoms with Crippen LogP contribution < -0.4 is 10.6 Å². The number of benzene rings is 1. The number of rotatable bonds is 7. The number of carbonyl (C=O) groups is 2. The SMILES string of the molecule is CCOC(=O)c1ccccc1NC(=O)c1cc(C)nc(NCc2ccncc2)n1. The number of hydrogen-bond acceptors (Lipinski definition) is 7. The van der Waals surface area contributed by atoms with Crippen LogP contribution in [-0.2, 0) is 11.3 Å². The van der Waals surface area contributed by atoms with Gasteiger partial charge < -0.3 is 15.4 Å². The number of ether oxygens (including phenoxy) is 1. The summed E-state index contributed by atoms with van der Waals surface area (Å²) in [5.74, 6) is -0.605. The van der Waals surface area contributed by atoms with Gasteiger partial charge in [0, 0.05) is 24.6 Å². The number of hydrogen-bond donors (Lipinski definition) is 2. The van der Waals surface area contributed by atoms with Crippen molar-refractivity contribution >= 4 is 23.5 Å². The number of aromatic nitrogens is 3. The van der Waals surface area contributed by atoms with Gasteiger partial charge in [-0.2, -0.15) is 0 Å². The molecule has 1 aromatic carbocycles. The van der Waals surface area contributed by atoms with Gasteiger partial charge in [0.2, 0.25) is 5.95 Å². The maximum atomic E-state index is 12.7. The molecule has 2 N–H and O–H groups in total. The van der Waals surface area contributed by atoms with Gasteiger partial charge in [-0.1, -0.05) is 12.1 Å². The Morgan fingerprint density at radius 3 is 2.59 bits per heavy atom. The maximum absolute atomic E-state index is 12.7. The molecule has 0 bridgehead atoms. The van der Waals surface area contributed by atoms with E-state index in [1.54, 1.807) is 56.6 Å². The highest BCUT2D eigenvalue weighted by Gasteiger charge is 2.16. The molecular formula is C21H21N5O3. The molecule has 3 aromatic rings. The molecule has 0 atom stereocenters. The molecule has 148 valence electrons. The summed E-state index contributed by atoms with van der Waals surface area (Å²) in [6.45, 7) is 4.25. The molecule has 2 aromatic heterocycles. The van der Waals surface area contributed by atoms with E-state index in [4.69, 9.17) is 4.74 Å². The number of para-hydroxylation sites is 1. The first-order valence-electron chi connectivity index (χ1n) is 9.12. The molecule has 0 fully saturated rings. The number of nitrogens with one attached hydrogen (secondary N) is 2. The minimum Gasteiger partial charge on any atom is -0.462 e. The van der Waals surface area contributed by atoms with Gasteiger partial charge in [-0.25, -0.2) is 14.8 Å². The second-order valence-corrected chi connectivity index (χ2v) is 6.15. The highest BCUT2D eigenvalue weighted by atomic mass is 16.5. The smallest absolute Gasteiger partial charge is 0.340 e. The molecule has 0 radical (unpaired) electrons. The van der Waals surface area contributed by atoms with Crippen molar-refractivity contribution in [3.05, 3.63) is 77.4 Å². The Kier molecular flexibility index (Phi) is 6.47. The first kappa shape index (κ1) is 19.9. The van der Waals surface area contributed by atoms with Crippen molar-refractivity contribution in [3.8, 4) is 0 Å². The van der Waals surface area contributed by atoms with E-state index in [0.29, 0.717) is 23.9 Å². The zero-order valence-corrected chi connectivity index (χ0v) is 16.2. The third-order valence-electron chi connectivity index (χ3n) is 3.96. The van der Waals surface area contributed by atoms with E-state index in [2.05, 4.69) is 25.6 Å². The summed E-state index contributed by atoms with van der Waals surface area (Å²) in [7, 11) is 0. The number of anilines is 2. The van der Waals surface area contributed by atoms with Gasteiger partial charge in [0.15, 0.2) is 0 Å². The average Bonchev–Trinajstić information content (AvgIpc) is 2.73. The molecule has 1 amide bonds. The van der Waals surface area contributed by atoms with E-state index >= 15 is 0 Å². The normalized spacial score (nSPS) is 10.3. The van der Waals surface area contributed by atoms with Gasteiger partial charge in [-0.05, 0) is 49.7 Å². The van der Waals surface area contributed by atoms with Gasteiger partial charge in [-0.3, -0.25) is 9.78 Å². The Labute approximate surface area is 168 Å². The van der Waals surface area contributed by atoms with Gasteiger partial charge in [-0.15, -0.1) is 0 Å². The molecule has 0 aliphatic heterocycles. The first-order chi connectivity index (χ1) is 14.1. The Morgan fingerprint density at radius 2 is 1.83 bits per heavy atom. The van der Waals surface area contributed by atoms with Crippen LogP contribution in [0.5, 0.6) is 0 Å². The highest BCUT2D eigenvalue weighted by Crippen LogP contribution is 2.18. The molecule has 3 rings (SSSR count). The fourth-order valence-corrected chi connectivity index (χ4v) is 2.61. The highest BCUT2D eigenvalue weighted by molar-refractivity contribution is 6.07. The van der Waals surface area contributed by atoms with Crippen LogP contribution >= 0.6 is 0 Å². The van der Waals surface area contributed by atoms with Crippen LogP contribution in [0.2, 0.25) is 0 Å². The first-order valence-corrected chi connectivity index (χ1v) is 9.12. The van der Waals surface area contributed by atoms with Crippen molar-refractivity contribution in [2.24, 2.45) is 0 Å². The third kappa shape index (κ3) is 5.35. The number of esters is 1. The molecule has 29 heavy (non-hydrogen) atoms. The lowest BCUT2D eigenvalue weighted by atomic mass is 10.1. The second-order valence-electron chi connectivity index (χ2n) is 6.15. The molecular weight excluding hydrogens is 370 g/mol. The Hall–Kier alpha value is -3.81. The van der Waals surface area contributed by atoms with Gasteiger partial charge in [0.25, 0.3) is 5.91 Å². The summed E-state index contributed by atoms with van der Waals surface area (Å²) in [6, 6.07) is 12.0. The summed E-state index contributed by atoms with van der Waals surface area (Å²) < 4.78 is 5.04. The number of nitrogens with zero attached hydrogens (tertiary/aromatic N) is 3. The molecule has 0 spiro atoms.